The first kappa shape index (κ1) is 20.0. The minimum atomic E-state index is 0.330. The molecule has 0 unspecified atom stereocenters. The Bertz CT molecular complexity index is 149. The molecule has 0 rings (SSSR count). The van der Waals surface area contributed by atoms with Gasteiger partial charge in [0, 0.05) is 20.1 Å². The summed E-state index contributed by atoms with van der Waals surface area (Å²) in [5, 5.41) is 0. The topological polar surface area (TPSA) is 26.3 Å². The van der Waals surface area contributed by atoms with Gasteiger partial charge in [-0.3, -0.25) is 0 Å². The van der Waals surface area contributed by atoms with Crippen LogP contribution in [0.5, 0.6) is 0 Å². The molecule has 110 valence electrons. The fraction of sp³-hybridized carbons (Fsp3) is 0.938. The van der Waals surface area contributed by atoms with E-state index < -0.39 is 0 Å². The molecule has 2 heteroatoms. The lowest BCUT2D eigenvalue weighted by Crippen LogP contribution is -1.88. The van der Waals surface area contributed by atoms with Gasteiger partial charge in [0.1, 0.15) is 5.78 Å². The Balaban J connectivity index is 0. The van der Waals surface area contributed by atoms with E-state index in [9.17, 15) is 4.79 Å². The second-order valence-corrected chi connectivity index (χ2v) is 4.92. The van der Waals surface area contributed by atoms with Crippen LogP contribution < -0.4 is 0 Å². The maximum absolute atomic E-state index is 10.5. The number of rotatable bonds is 11. The predicted octanol–water partition coefficient (Wildman–Crippen LogP) is 5.15. The molecule has 0 aliphatic heterocycles. The van der Waals surface area contributed by atoms with Crippen molar-refractivity contribution in [3.8, 4) is 0 Å². The second kappa shape index (κ2) is 19.0. The van der Waals surface area contributed by atoms with Gasteiger partial charge in [0.25, 0.3) is 0 Å². The molecule has 0 heterocycles. The van der Waals surface area contributed by atoms with Gasteiger partial charge in [0.15, 0.2) is 0 Å². The SMILES string of the molecule is CCCCCCCC(C)=O.CCCCCCOC. The molecule has 0 radical (unpaired) electrons. The molecule has 0 aliphatic rings. The third-order valence-electron chi connectivity index (χ3n) is 2.83. The number of carbonyl (C=O) groups is 1. The van der Waals surface area contributed by atoms with E-state index >= 15 is 0 Å². The predicted molar refractivity (Wildman–Crippen MR) is 80.1 cm³/mol. The smallest absolute Gasteiger partial charge is 0.129 e. The first-order valence-corrected chi connectivity index (χ1v) is 7.67. The van der Waals surface area contributed by atoms with E-state index in [-0.39, 0.29) is 0 Å². The van der Waals surface area contributed by atoms with Crippen LogP contribution in [0.25, 0.3) is 0 Å². The first-order valence-electron chi connectivity index (χ1n) is 7.67. The van der Waals surface area contributed by atoms with Crippen LogP contribution in [0.4, 0.5) is 0 Å². The van der Waals surface area contributed by atoms with E-state index in [1.165, 1.54) is 51.4 Å². The summed E-state index contributed by atoms with van der Waals surface area (Å²) in [6.07, 6.45) is 12.2. The highest BCUT2D eigenvalue weighted by molar-refractivity contribution is 5.75. The lowest BCUT2D eigenvalue weighted by Gasteiger charge is -1.95. The Labute approximate surface area is 114 Å². The van der Waals surface area contributed by atoms with Crippen molar-refractivity contribution >= 4 is 5.78 Å². The molecule has 0 aromatic heterocycles. The summed E-state index contributed by atoms with van der Waals surface area (Å²) in [7, 11) is 1.76. The molecule has 0 aromatic rings. The zero-order valence-electron chi connectivity index (χ0n) is 13.1. The molecule has 0 amide bonds. The van der Waals surface area contributed by atoms with Crippen LogP contribution in [-0.4, -0.2) is 19.5 Å². The molecular formula is C16H34O2. The van der Waals surface area contributed by atoms with Crippen LogP contribution in [0.2, 0.25) is 0 Å². The molecule has 0 spiro atoms. The Morgan fingerprint density at radius 1 is 0.833 bits per heavy atom. The third-order valence-corrected chi connectivity index (χ3v) is 2.83. The number of hydrogen-bond acceptors (Lipinski definition) is 2. The number of ether oxygens (including phenoxy) is 1. The standard InChI is InChI=1S/C9H18O.C7H16O/c1-3-4-5-6-7-8-9(2)10;1-3-4-5-6-7-8-2/h3-8H2,1-2H3;3-7H2,1-2H3. The largest absolute Gasteiger partial charge is 0.385 e. The van der Waals surface area contributed by atoms with Gasteiger partial charge < -0.3 is 9.53 Å². The van der Waals surface area contributed by atoms with Crippen LogP contribution in [0.1, 0.15) is 85.0 Å². The molecule has 2 nitrogen and oxygen atoms in total. The minimum Gasteiger partial charge on any atom is -0.385 e. The van der Waals surface area contributed by atoms with Crippen molar-refractivity contribution < 1.29 is 9.53 Å². The summed E-state index contributed by atoms with van der Waals surface area (Å²) in [6, 6.07) is 0. The maximum atomic E-state index is 10.5. The van der Waals surface area contributed by atoms with E-state index in [0.717, 1.165) is 19.4 Å². The molecule has 0 N–H and O–H groups in total. The van der Waals surface area contributed by atoms with Gasteiger partial charge in [-0.05, 0) is 19.8 Å². The lowest BCUT2D eigenvalue weighted by molar-refractivity contribution is -0.117. The molecule has 0 bridgehead atoms. The highest BCUT2D eigenvalue weighted by atomic mass is 16.5. The molecule has 0 aliphatic carbocycles. The van der Waals surface area contributed by atoms with Crippen molar-refractivity contribution in [2.24, 2.45) is 0 Å². The van der Waals surface area contributed by atoms with Gasteiger partial charge in [0.2, 0.25) is 0 Å². The van der Waals surface area contributed by atoms with Crippen molar-refractivity contribution in [1.29, 1.82) is 0 Å². The number of hydrogen-bond donors (Lipinski definition) is 0. The van der Waals surface area contributed by atoms with Crippen LogP contribution >= 0.6 is 0 Å². The number of ketones is 1. The molecule has 0 saturated carbocycles. The average Bonchev–Trinajstić information content (AvgIpc) is 2.35. The van der Waals surface area contributed by atoms with Crippen LogP contribution in [0, 0.1) is 0 Å². The van der Waals surface area contributed by atoms with Crippen molar-refractivity contribution in [2.75, 3.05) is 13.7 Å². The van der Waals surface area contributed by atoms with Crippen molar-refractivity contribution in [3.05, 3.63) is 0 Å². The zero-order valence-corrected chi connectivity index (χ0v) is 13.1. The zero-order chi connectivity index (χ0) is 14.1. The minimum absolute atomic E-state index is 0.330. The van der Waals surface area contributed by atoms with Crippen LogP contribution in [0.3, 0.4) is 0 Å². The summed E-state index contributed by atoms with van der Waals surface area (Å²) >= 11 is 0. The first-order chi connectivity index (χ1) is 8.68. The van der Waals surface area contributed by atoms with Crippen LogP contribution in [0.15, 0.2) is 0 Å². The monoisotopic (exact) mass is 258 g/mol. The van der Waals surface area contributed by atoms with Crippen molar-refractivity contribution in [2.45, 2.75) is 85.0 Å². The molecular weight excluding hydrogens is 224 g/mol. The summed E-state index contributed by atoms with van der Waals surface area (Å²) < 4.78 is 4.89. The number of unbranched alkanes of at least 4 members (excludes halogenated alkanes) is 7. The Morgan fingerprint density at radius 3 is 1.78 bits per heavy atom. The normalized spacial score (nSPS) is 9.78. The fourth-order valence-electron chi connectivity index (χ4n) is 1.65. The van der Waals surface area contributed by atoms with E-state index in [1.54, 1.807) is 14.0 Å². The summed E-state index contributed by atoms with van der Waals surface area (Å²) in [5.74, 6) is 0.330. The van der Waals surface area contributed by atoms with Gasteiger partial charge >= 0.3 is 0 Å². The summed E-state index contributed by atoms with van der Waals surface area (Å²) in [4.78, 5) is 10.5. The van der Waals surface area contributed by atoms with Crippen molar-refractivity contribution in [1.82, 2.24) is 0 Å². The van der Waals surface area contributed by atoms with E-state index in [4.69, 9.17) is 4.74 Å². The fourth-order valence-corrected chi connectivity index (χ4v) is 1.65. The lowest BCUT2D eigenvalue weighted by atomic mass is 10.1. The summed E-state index contributed by atoms with van der Waals surface area (Å²) in [5.41, 5.74) is 0. The van der Waals surface area contributed by atoms with Crippen molar-refractivity contribution in [3.63, 3.8) is 0 Å². The maximum Gasteiger partial charge on any atom is 0.129 e. The van der Waals surface area contributed by atoms with Gasteiger partial charge in [-0.2, -0.15) is 0 Å². The van der Waals surface area contributed by atoms with E-state index in [1.807, 2.05) is 0 Å². The van der Waals surface area contributed by atoms with Gasteiger partial charge in [0.05, 0.1) is 0 Å². The van der Waals surface area contributed by atoms with Gasteiger partial charge in [-0.15, -0.1) is 0 Å². The third kappa shape index (κ3) is 24.7. The Kier molecular flexibility index (Phi) is 21.0. The molecule has 0 fully saturated rings. The quantitative estimate of drug-likeness (QED) is 0.479. The van der Waals surface area contributed by atoms with Gasteiger partial charge in [-0.25, -0.2) is 0 Å². The Hall–Kier alpha value is -0.370. The van der Waals surface area contributed by atoms with Crippen LogP contribution in [-0.2, 0) is 9.53 Å². The molecule has 0 saturated heterocycles. The Morgan fingerprint density at radius 2 is 1.33 bits per heavy atom. The second-order valence-electron chi connectivity index (χ2n) is 4.92. The van der Waals surface area contributed by atoms with Gasteiger partial charge in [-0.1, -0.05) is 58.8 Å². The van der Waals surface area contributed by atoms with E-state index in [2.05, 4.69) is 13.8 Å². The number of Topliss-reactive ketones (excluding diaryl/α,β-unsaturated/α-hetero) is 1. The average molecular weight is 258 g/mol. The molecule has 18 heavy (non-hydrogen) atoms. The molecule has 0 aromatic carbocycles. The number of carbonyl (C=O) groups excluding carboxylic acids is 1. The van der Waals surface area contributed by atoms with E-state index in [0.29, 0.717) is 5.78 Å². The highest BCUT2D eigenvalue weighted by Crippen LogP contribution is 2.04. The number of methoxy groups -OCH3 is 1. The summed E-state index contributed by atoms with van der Waals surface area (Å²) in [6.45, 7) is 7.01. The highest BCUT2D eigenvalue weighted by Gasteiger charge is 1.92. The molecule has 0 atom stereocenters.